The third kappa shape index (κ3) is 4.12. The first-order chi connectivity index (χ1) is 22.3. The van der Waals surface area contributed by atoms with Gasteiger partial charge in [-0.2, -0.15) is 10.5 Å². The van der Waals surface area contributed by atoms with Gasteiger partial charge in [0.2, 0.25) is 0 Å². The maximum Gasteiger partial charge on any atom is 0.0998 e. The van der Waals surface area contributed by atoms with E-state index < -0.39 is 0 Å². The van der Waals surface area contributed by atoms with E-state index in [2.05, 4.69) is 134 Å². The Balaban J connectivity index is 1.42. The highest BCUT2D eigenvalue weighted by atomic mass is 15.0. The molecule has 0 unspecified atom stereocenters. The number of fused-ring (bicyclic) bond motifs is 6. The molecule has 8 rings (SSSR count). The van der Waals surface area contributed by atoms with Crippen LogP contribution in [0.15, 0.2) is 109 Å². The number of nitriles is 2. The Morgan fingerprint density at radius 1 is 0.391 bits per heavy atom. The fourth-order valence-electron chi connectivity index (χ4n) is 7.02. The highest BCUT2D eigenvalue weighted by Crippen LogP contribution is 2.38. The molecule has 0 spiro atoms. The van der Waals surface area contributed by atoms with Crippen molar-refractivity contribution in [3.63, 3.8) is 0 Å². The largest absolute Gasteiger partial charge is 0.309 e. The number of nitrogens with zero attached hydrogens (tertiary/aromatic N) is 4. The fourth-order valence-corrected chi connectivity index (χ4v) is 7.02. The molecule has 4 nitrogen and oxygen atoms in total. The predicted octanol–water partition coefficient (Wildman–Crippen LogP) is 10.5. The van der Waals surface area contributed by atoms with Gasteiger partial charge in [0.15, 0.2) is 0 Å². The summed E-state index contributed by atoms with van der Waals surface area (Å²) in [4.78, 5) is 0. The number of hydrogen-bond acceptors (Lipinski definition) is 2. The third-order valence-corrected chi connectivity index (χ3v) is 9.21. The number of rotatable bonds is 3. The first-order valence-electron chi connectivity index (χ1n) is 15.5. The first kappa shape index (κ1) is 27.4. The van der Waals surface area contributed by atoms with E-state index in [-0.39, 0.29) is 0 Å². The molecule has 0 fully saturated rings. The maximum atomic E-state index is 10.3. The van der Waals surface area contributed by atoms with E-state index in [9.17, 15) is 10.5 Å². The lowest BCUT2D eigenvalue weighted by Gasteiger charge is -2.15. The van der Waals surface area contributed by atoms with Crippen molar-refractivity contribution < 1.29 is 0 Å². The molecule has 0 aliphatic rings. The summed E-state index contributed by atoms with van der Waals surface area (Å²) in [5.74, 6) is 0. The Morgan fingerprint density at radius 3 is 0.978 bits per heavy atom. The SMILES string of the molecule is Cc1ccc2c3ccc(C)cc3n(-c3ccc(C#N)c(-c4cc(-n5c6cc(C)ccc6c6ccc(C)cc65)ccc4C#N)c3)c2c1. The smallest absolute Gasteiger partial charge is 0.0998 e. The minimum atomic E-state index is 0.527. The molecular weight excluding hydrogens is 560 g/mol. The molecule has 0 saturated heterocycles. The van der Waals surface area contributed by atoms with Gasteiger partial charge < -0.3 is 9.13 Å². The summed E-state index contributed by atoms with van der Waals surface area (Å²) in [6.07, 6.45) is 0. The lowest BCUT2D eigenvalue weighted by molar-refractivity contribution is 1.17. The zero-order valence-electron chi connectivity index (χ0n) is 26.2. The molecule has 4 heteroatoms. The molecule has 0 N–H and O–H groups in total. The first-order valence-corrected chi connectivity index (χ1v) is 15.5. The maximum absolute atomic E-state index is 10.3. The normalized spacial score (nSPS) is 11.4. The van der Waals surface area contributed by atoms with Crippen LogP contribution in [0, 0.1) is 50.4 Å². The highest BCUT2D eigenvalue weighted by molar-refractivity contribution is 6.11. The monoisotopic (exact) mass is 590 g/mol. The summed E-state index contributed by atoms with van der Waals surface area (Å²) in [7, 11) is 0. The molecule has 0 radical (unpaired) electrons. The Hall–Kier alpha value is -6.10. The summed E-state index contributed by atoms with van der Waals surface area (Å²) in [6, 6.07) is 43.0. The molecule has 6 aromatic carbocycles. The van der Waals surface area contributed by atoms with Gasteiger partial charge in [-0.05, 0) is 111 Å². The Bertz CT molecular complexity index is 2350. The van der Waals surface area contributed by atoms with Gasteiger partial charge in [-0.25, -0.2) is 0 Å². The van der Waals surface area contributed by atoms with Crippen molar-refractivity contribution >= 4 is 43.6 Å². The van der Waals surface area contributed by atoms with E-state index in [4.69, 9.17) is 0 Å². The van der Waals surface area contributed by atoms with E-state index in [1.165, 1.54) is 43.8 Å². The van der Waals surface area contributed by atoms with Gasteiger partial charge in [-0.3, -0.25) is 0 Å². The number of hydrogen-bond donors (Lipinski definition) is 0. The van der Waals surface area contributed by atoms with Crippen LogP contribution in [0.2, 0.25) is 0 Å². The Morgan fingerprint density at radius 2 is 0.696 bits per heavy atom. The second kappa shape index (κ2) is 10.2. The van der Waals surface area contributed by atoms with Crippen LogP contribution in [0.5, 0.6) is 0 Å². The van der Waals surface area contributed by atoms with Gasteiger partial charge in [0.25, 0.3) is 0 Å². The second-order valence-electron chi connectivity index (χ2n) is 12.4. The lowest BCUT2D eigenvalue weighted by Crippen LogP contribution is -1.99. The van der Waals surface area contributed by atoms with Gasteiger partial charge in [-0.1, -0.05) is 48.5 Å². The van der Waals surface area contributed by atoms with Crippen molar-refractivity contribution in [2.75, 3.05) is 0 Å². The van der Waals surface area contributed by atoms with Crippen molar-refractivity contribution in [3.8, 4) is 34.6 Å². The van der Waals surface area contributed by atoms with Crippen LogP contribution in [-0.4, -0.2) is 9.13 Å². The Labute approximate surface area is 267 Å². The van der Waals surface area contributed by atoms with E-state index >= 15 is 0 Å². The summed E-state index contributed by atoms with van der Waals surface area (Å²) in [5.41, 5.74) is 13.6. The van der Waals surface area contributed by atoms with E-state index in [1.807, 2.05) is 24.3 Å². The van der Waals surface area contributed by atoms with Crippen LogP contribution in [0.1, 0.15) is 33.4 Å². The van der Waals surface area contributed by atoms with Gasteiger partial charge in [0.05, 0.1) is 45.3 Å². The molecule has 46 heavy (non-hydrogen) atoms. The molecule has 0 atom stereocenters. The average Bonchev–Trinajstić information content (AvgIpc) is 3.54. The highest BCUT2D eigenvalue weighted by Gasteiger charge is 2.19. The molecule has 0 amide bonds. The molecule has 8 aromatic rings. The topological polar surface area (TPSA) is 57.4 Å². The number of aryl methyl sites for hydroxylation is 4. The van der Waals surface area contributed by atoms with Crippen LogP contribution in [0.25, 0.3) is 66.1 Å². The van der Waals surface area contributed by atoms with Gasteiger partial charge in [-0.15, -0.1) is 0 Å². The minimum Gasteiger partial charge on any atom is -0.309 e. The van der Waals surface area contributed by atoms with Crippen LogP contribution in [0.4, 0.5) is 0 Å². The Kier molecular flexibility index (Phi) is 6.11. The van der Waals surface area contributed by atoms with Crippen molar-refractivity contribution in [2.24, 2.45) is 0 Å². The average molecular weight is 591 g/mol. The van der Waals surface area contributed by atoms with Crippen molar-refractivity contribution in [3.05, 3.63) is 143 Å². The summed E-state index contributed by atoms with van der Waals surface area (Å²) < 4.78 is 4.56. The van der Waals surface area contributed by atoms with Crippen LogP contribution >= 0.6 is 0 Å². The molecule has 2 heterocycles. The fraction of sp³-hybridized carbons (Fsp3) is 0.0952. The van der Waals surface area contributed by atoms with E-state index in [1.54, 1.807) is 0 Å². The quantitative estimate of drug-likeness (QED) is 0.206. The third-order valence-electron chi connectivity index (χ3n) is 9.21. The summed E-state index contributed by atoms with van der Waals surface area (Å²) in [5, 5.41) is 25.4. The molecule has 0 aliphatic carbocycles. The van der Waals surface area contributed by atoms with Gasteiger partial charge in [0.1, 0.15) is 0 Å². The van der Waals surface area contributed by atoms with Crippen molar-refractivity contribution in [1.29, 1.82) is 10.5 Å². The van der Waals surface area contributed by atoms with Crippen LogP contribution in [-0.2, 0) is 0 Å². The molecule has 0 bridgehead atoms. The molecule has 218 valence electrons. The molecule has 0 aliphatic heterocycles. The van der Waals surface area contributed by atoms with Crippen molar-refractivity contribution in [1.82, 2.24) is 9.13 Å². The molecule has 2 aromatic heterocycles. The zero-order chi connectivity index (χ0) is 31.7. The number of benzene rings is 6. The van der Waals surface area contributed by atoms with Gasteiger partial charge >= 0.3 is 0 Å². The van der Waals surface area contributed by atoms with Crippen LogP contribution in [0.3, 0.4) is 0 Å². The summed E-state index contributed by atoms with van der Waals surface area (Å²) >= 11 is 0. The molecular formula is C42H30N4. The number of aromatic nitrogens is 2. The van der Waals surface area contributed by atoms with E-state index in [0.29, 0.717) is 11.1 Å². The minimum absolute atomic E-state index is 0.527. The second-order valence-corrected chi connectivity index (χ2v) is 12.4. The standard InChI is InChI=1S/C42H30N4/c1-25-5-13-33-34-14-6-26(2)18-40(34)45(39(33)17-25)31-11-9-29(23-43)37(21-31)38-22-32(12-10-30(38)24-44)46-41-19-27(3)7-15-35(41)36-16-8-28(4)20-42(36)46/h5-22H,1-4H3. The predicted molar refractivity (Wildman–Crippen MR) is 189 cm³/mol. The lowest BCUT2D eigenvalue weighted by atomic mass is 9.95. The van der Waals surface area contributed by atoms with Crippen LogP contribution < -0.4 is 0 Å². The van der Waals surface area contributed by atoms with Crippen molar-refractivity contribution in [2.45, 2.75) is 27.7 Å². The van der Waals surface area contributed by atoms with Gasteiger partial charge in [0, 0.05) is 44.0 Å². The zero-order valence-corrected chi connectivity index (χ0v) is 26.2. The molecule has 0 saturated carbocycles. The van der Waals surface area contributed by atoms with E-state index in [0.717, 1.165) is 44.6 Å². The summed E-state index contributed by atoms with van der Waals surface area (Å²) in [6.45, 7) is 8.44.